The fraction of sp³-hybridized carbons (Fsp3) is 0.182. The van der Waals surface area contributed by atoms with E-state index in [9.17, 15) is 0 Å². The second-order valence-corrected chi connectivity index (χ2v) is 12.7. The molecular weight excluding hydrogens is 411 g/mol. The minimum atomic E-state index is 0. The second kappa shape index (κ2) is 13.4. The van der Waals surface area contributed by atoms with Crippen molar-refractivity contribution in [2.75, 3.05) is 0 Å². The van der Waals surface area contributed by atoms with Gasteiger partial charge in [-0.05, 0) is 0 Å². The van der Waals surface area contributed by atoms with Crippen LogP contribution in [0.4, 0.5) is 0 Å². The molecule has 4 aromatic carbocycles. The molecule has 4 rings (SSSR count). The number of hydrogen-bond acceptors (Lipinski definition) is 0. The summed E-state index contributed by atoms with van der Waals surface area (Å²) in [5.41, 5.74) is 1.43. The first kappa shape index (κ1) is 25.2. The van der Waals surface area contributed by atoms with Crippen molar-refractivity contribution >= 4 is 27.7 Å². The van der Waals surface area contributed by atoms with Gasteiger partial charge in [0.15, 0.2) is 0 Å². The Morgan fingerprint density at radius 2 is 1.31 bits per heavy atom. The van der Waals surface area contributed by atoms with Gasteiger partial charge in [0.25, 0.3) is 0 Å². The second-order valence-electron chi connectivity index (χ2n) is 5.97. The zero-order valence-electron chi connectivity index (χ0n) is 15.5. The molecule has 0 atom stereocenters. The molecule has 0 nitrogen and oxygen atoms in total. The maximum atomic E-state index is 2.27. The van der Waals surface area contributed by atoms with E-state index in [4.69, 9.17) is 0 Å². The molecule has 0 unspecified atom stereocenters. The summed E-state index contributed by atoms with van der Waals surface area (Å²) in [4.78, 5) is 0. The van der Waals surface area contributed by atoms with Gasteiger partial charge in [-0.1, -0.05) is 49.7 Å². The van der Waals surface area contributed by atoms with Crippen molar-refractivity contribution < 1.29 is 44.0 Å². The van der Waals surface area contributed by atoms with E-state index in [1.807, 2.05) is 0 Å². The summed E-state index contributed by atoms with van der Waals surface area (Å²) >= 11 is 2.27. The first-order valence-corrected chi connectivity index (χ1v) is 13.2. The molecule has 136 valence electrons. The summed E-state index contributed by atoms with van der Waals surface area (Å²) in [7, 11) is 0. The van der Waals surface area contributed by atoms with Gasteiger partial charge in [-0.3, -0.25) is 0 Å². The van der Waals surface area contributed by atoms with Crippen LogP contribution in [0.15, 0.2) is 78.9 Å². The molecule has 0 aliphatic carbocycles. The van der Waals surface area contributed by atoms with Gasteiger partial charge in [-0.15, -0.1) is 39.7 Å². The van der Waals surface area contributed by atoms with E-state index in [2.05, 4.69) is 118 Å². The molecule has 0 aliphatic heterocycles. The van der Waals surface area contributed by atoms with Crippen LogP contribution in [0.3, 0.4) is 0 Å². The van der Waals surface area contributed by atoms with Crippen LogP contribution in [-0.4, -0.2) is 6.19 Å². The molecule has 4 heteroatoms. The van der Waals surface area contributed by atoms with E-state index in [0.29, 0.717) is 0 Å². The number of rotatable bonds is 1. The SMILES string of the molecule is CCc1cc[cH-]c1.C[Si](C)=[Ti+2].[Cl-].[Cl-].c1ccc2c(c1)[cH-]c1ccccc12. The third kappa shape index (κ3) is 7.82. The van der Waals surface area contributed by atoms with Crippen molar-refractivity contribution in [1.82, 2.24) is 0 Å². The first-order valence-electron chi connectivity index (χ1n) is 8.37. The third-order valence-electron chi connectivity index (χ3n) is 3.66. The van der Waals surface area contributed by atoms with Gasteiger partial charge < -0.3 is 24.8 Å². The van der Waals surface area contributed by atoms with Crippen LogP contribution < -0.4 is 24.8 Å². The molecule has 0 fully saturated rings. The van der Waals surface area contributed by atoms with Crippen molar-refractivity contribution in [3.8, 4) is 0 Å². The molecule has 0 radical (unpaired) electrons. The van der Waals surface area contributed by atoms with Gasteiger partial charge in [0, 0.05) is 0 Å². The summed E-state index contributed by atoms with van der Waals surface area (Å²) < 4.78 is 0. The average molecular weight is 435 g/mol. The normalized spacial score (nSPS) is 9.12. The maximum Gasteiger partial charge on any atom is -0.0771 e. The molecule has 0 bridgehead atoms. The van der Waals surface area contributed by atoms with Crippen molar-refractivity contribution in [3.63, 3.8) is 0 Å². The zero-order valence-corrected chi connectivity index (χ0v) is 19.5. The summed E-state index contributed by atoms with van der Waals surface area (Å²) in [5, 5.41) is 5.39. The zero-order chi connectivity index (χ0) is 17.4. The molecule has 0 N–H and O–H groups in total. The largest absolute Gasteiger partial charge is 1.00 e. The maximum absolute atomic E-state index is 2.27. The van der Waals surface area contributed by atoms with Gasteiger partial charge in [0.2, 0.25) is 0 Å². The molecule has 0 amide bonds. The van der Waals surface area contributed by atoms with E-state index >= 15 is 0 Å². The number of hydrogen-bond donors (Lipinski definition) is 0. The minimum absolute atomic E-state index is 0. The Morgan fingerprint density at radius 1 is 0.846 bits per heavy atom. The Kier molecular flexibility index (Phi) is 12.9. The van der Waals surface area contributed by atoms with Gasteiger partial charge >= 0.3 is 38.5 Å². The third-order valence-corrected chi connectivity index (χ3v) is 3.66. The van der Waals surface area contributed by atoms with Gasteiger partial charge in [0.05, 0.1) is 0 Å². The fourth-order valence-corrected chi connectivity index (χ4v) is 2.55. The smallest absolute Gasteiger partial charge is 0.0771 e. The van der Waals surface area contributed by atoms with Crippen molar-refractivity contribution in [2.45, 2.75) is 26.4 Å². The van der Waals surface area contributed by atoms with Crippen LogP contribution in [0.25, 0.3) is 21.5 Å². The van der Waals surface area contributed by atoms with E-state index in [0.717, 1.165) is 6.42 Å². The molecular formula is C22H24Cl2SiTi-2. The molecule has 4 aromatic rings. The number of fused-ring (bicyclic) bond motifs is 3. The standard InChI is InChI=1S/C13H9.C7H9.C2H6Si.2ClH.Ti/c1-3-7-12-10(5-1)9-11-6-2-4-8-13(11)12;1-2-7-5-3-4-6-7;1-3-2;;;/h1-9H;3-6H,2H2,1H3;1-2H3;2*1H;/q2*-1;;;;+2/p-2. The molecule has 0 aliphatic rings. The van der Waals surface area contributed by atoms with Gasteiger partial charge in [-0.25, -0.2) is 6.07 Å². The Labute approximate surface area is 181 Å². The predicted molar refractivity (Wildman–Crippen MR) is 106 cm³/mol. The summed E-state index contributed by atoms with van der Waals surface area (Å²) in [6.45, 7) is 6.70. The first-order chi connectivity index (χ1) is 11.6. The number of aryl methyl sites for hydroxylation is 1. The Balaban J connectivity index is 0.000000415. The van der Waals surface area contributed by atoms with Gasteiger partial charge in [-0.2, -0.15) is 23.8 Å². The van der Waals surface area contributed by atoms with E-state index in [1.165, 1.54) is 27.1 Å². The quantitative estimate of drug-likeness (QED) is 0.302. The van der Waals surface area contributed by atoms with Crippen molar-refractivity contribution in [1.29, 1.82) is 0 Å². The van der Waals surface area contributed by atoms with E-state index < -0.39 is 0 Å². The van der Waals surface area contributed by atoms with Crippen LogP contribution in [-0.2, 0) is 25.6 Å². The van der Waals surface area contributed by atoms with Crippen LogP contribution in [0.5, 0.6) is 0 Å². The Morgan fingerprint density at radius 3 is 1.65 bits per heavy atom. The van der Waals surface area contributed by atoms with Crippen molar-refractivity contribution in [3.05, 3.63) is 84.4 Å². The molecule has 26 heavy (non-hydrogen) atoms. The molecule has 0 saturated heterocycles. The van der Waals surface area contributed by atoms with Crippen LogP contribution >= 0.6 is 0 Å². The molecule has 0 spiro atoms. The number of halogens is 2. The van der Waals surface area contributed by atoms with Crippen LogP contribution in [0, 0.1) is 0 Å². The molecule has 0 aromatic heterocycles. The molecule has 0 saturated carbocycles. The Bertz CT molecular complexity index is 840. The number of benzene rings is 2. The van der Waals surface area contributed by atoms with E-state index in [1.54, 1.807) is 0 Å². The van der Waals surface area contributed by atoms with E-state index in [-0.39, 0.29) is 31.0 Å². The summed E-state index contributed by atoms with van der Waals surface area (Å²) in [5.74, 6) is 0. The Hall–Kier alpha value is -0.829. The van der Waals surface area contributed by atoms with Crippen molar-refractivity contribution in [2.24, 2.45) is 0 Å². The fourth-order valence-electron chi connectivity index (χ4n) is 2.55. The summed E-state index contributed by atoms with van der Waals surface area (Å²) in [6.07, 6.45) is 1.28. The van der Waals surface area contributed by atoms with Gasteiger partial charge in [0.1, 0.15) is 0 Å². The predicted octanol–water partition coefficient (Wildman–Crippen LogP) is 0.472. The van der Waals surface area contributed by atoms with Crippen LogP contribution in [0.2, 0.25) is 13.1 Å². The monoisotopic (exact) mass is 434 g/mol. The molecule has 0 heterocycles. The van der Waals surface area contributed by atoms with Crippen LogP contribution in [0.1, 0.15) is 12.5 Å². The summed E-state index contributed by atoms with van der Waals surface area (Å²) in [6, 6.07) is 27.7. The average Bonchev–Trinajstić information content (AvgIpc) is 3.22. The minimum Gasteiger partial charge on any atom is -1.00 e. The topological polar surface area (TPSA) is 0 Å².